The molecule has 2 heterocycles. The van der Waals surface area contributed by atoms with Crippen molar-refractivity contribution in [1.82, 2.24) is 18.8 Å². The van der Waals surface area contributed by atoms with Crippen molar-refractivity contribution < 1.29 is 36.2 Å². The fourth-order valence-electron chi connectivity index (χ4n) is 4.53. The number of aliphatic hydroxyl groups is 1. The van der Waals surface area contributed by atoms with Crippen LogP contribution < -0.4 is 14.2 Å². The summed E-state index contributed by atoms with van der Waals surface area (Å²) in [6.45, 7) is 3.21. The SMILES string of the molecule is COc1ccc(S(=O)(=O)Nc2cccc3c2O[C@H](CN(C)S(=O)(=O)c2cn(C)cn2)[C@@H](C)CN([C@@H](C)CO)C3=O)cc1. The Labute approximate surface area is 245 Å². The van der Waals surface area contributed by atoms with Gasteiger partial charge in [0.15, 0.2) is 10.8 Å². The number of benzene rings is 2. The number of ether oxygens (including phenoxy) is 2. The molecule has 2 aromatic carbocycles. The number of hydrogen-bond donors (Lipinski definition) is 2. The summed E-state index contributed by atoms with van der Waals surface area (Å²) in [7, 11) is -3.58. The van der Waals surface area contributed by atoms with Crippen LogP contribution in [0.15, 0.2) is 64.9 Å². The van der Waals surface area contributed by atoms with Crippen LogP contribution in [0.4, 0.5) is 5.69 Å². The van der Waals surface area contributed by atoms with Gasteiger partial charge in [0.2, 0.25) is 0 Å². The van der Waals surface area contributed by atoms with Gasteiger partial charge in [-0.3, -0.25) is 9.52 Å². The van der Waals surface area contributed by atoms with Crippen molar-refractivity contribution >= 4 is 31.6 Å². The summed E-state index contributed by atoms with van der Waals surface area (Å²) in [4.78, 5) is 19.1. The van der Waals surface area contributed by atoms with Gasteiger partial charge >= 0.3 is 0 Å². The van der Waals surface area contributed by atoms with E-state index >= 15 is 0 Å². The van der Waals surface area contributed by atoms with Gasteiger partial charge in [0.25, 0.3) is 26.0 Å². The van der Waals surface area contributed by atoms with Gasteiger partial charge in [-0.15, -0.1) is 0 Å². The summed E-state index contributed by atoms with van der Waals surface area (Å²) in [5.74, 6) is -0.456. The number of nitrogens with zero attached hydrogens (tertiary/aromatic N) is 4. The van der Waals surface area contributed by atoms with Crippen molar-refractivity contribution in [2.75, 3.05) is 38.6 Å². The van der Waals surface area contributed by atoms with Gasteiger partial charge < -0.3 is 24.0 Å². The average molecular weight is 622 g/mol. The van der Waals surface area contributed by atoms with E-state index in [0.29, 0.717) is 5.75 Å². The molecule has 0 unspecified atom stereocenters. The quantitative estimate of drug-likeness (QED) is 0.344. The topological polar surface area (TPSA) is 160 Å². The molecule has 0 bridgehead atoms. The van der Waals surface area contributed by atoms with Gasteiger partial charge in [-0.2, -0.15) is 4.31 Å². The van der Waals surface area contributed by atoms with Crippen LogP contribution >= 0.6 is 0 Å². The van der Waals surface area contributed by atoms with E-state index in [0.717, 1.165) is 4.31 Å². The third-order valence-corrected chi connectivity index (χ3v) is 10.2. The van der Waals surface area contributed by atoms with Crippen molar-refractivity contribution in [3.63, 3.8) is 0 Å². The number of rotatable bonds is 10. The third-order valence-electron chi connectivity index (χ3n) is 7.10. The minimum absolute atomic E-state index is 0.00241. The standard InChI is InChI=1S/C27H35N5O8S2/c1-18-13-32(19(2)16-33)27(34)22-7-6-8-23(29-41(35,36)21-11-9-20(39-5)10-12-21)26(22)40-24(18)14-31(4)42(37,38)25-15-30(3)17-28-25/h6-12,15,17-19,24,29,33H,13-14,16H2,1-5H3/t18-,19-,24+/m0/s1. The molecule has 0 radical (unpaired) electrons. The molecule has 42 heavy (non-hydrogen) atoms. The van der Waals surface area contributed by atoms with E-state index in [1.807, 2.05) is 0 Å². The van der Waals surface area contributed by atoms with Crippen molar-refractivity contribution in [3.8, 4) is 11.5 Å². The molecule has 1 aliphatic rings. The second-order valence-electron chi connectivity index (χ2n) is 10.2. The Kier molecular flexibility index (Phi) is 9.15. The summed E-state index contributed by atoms with van der Waals surface area (Å²) in [5.41, 5.74) is 0.0694. The molecule has 0 spiro atoms. The Morgan fingerprint density at radius 1 is 1.19 bits per heavy atom. The maximum Gasteiger partial charge on any atom is 0.262 e. The van der Waals surface area contributed by atoms with Gasteiger partial charge in [-0.25, -0.2) is 21.8 Å². The van der Waals surface area contributed by atoms with Crippen LogP contribution in [0.3, 0.4) is 0 Å². The predicted molar refractivity (Wildman–Crippen MR) is 154 cm³/mol. The molecule has 228 valence electrons. The number of imidazole rings is 1. The molecular weight excluding hydrogens is 586 g/mol. The summed E-state index contributed by atoms with van der Waals surface area (Å²) >= 11 is 0. The first kappa shape index (κ1) is 31.3. The van der Waals surface area contributed by atoms with Crippen molar-refractivity contribution in [2.24, 2.45) is 13.0 Å². The summed E-state index contributed by atoms with van der Waals surface area (Å²) in [6, 6.07) is 9.69. The first-order valence-corrected chi connectivity index (χ1v) is 16.0. The number of para-hydroxylation sites is 1. The highest BCUT2D eigenvalue weighted by atomic mass is 32.2. The molecule has 1 aliphatic heterocycles. The number of hydrogen-bond acceptors (Lipinski definition) is 9. The lowest BCUT2D eigenvalue weighted by molar-refractivity contribution is 0.0389. The third kappa shape index (κ3) is 6.38. The van der Waals surface area contributed by atoms with Gasteiger partial charge in [-0.1, -0.05) is 13.0 Å². The van der Waals surface area contributed by atoms with Crippen LogP contribution in [0.25, 0.3) is 0 Å². The normalized spacial score (nSPS) is 18.5. The van der Waals surface area contributed by atoms with Crippen molar-refractivity contribution in [2.45, 2.75) is 35.9 Å². The molecule has 0 saturated carbocycles. The zero-order chi connectivity index (χ0) is 30.8. The number of nitrogens with one attached hydrogen (secondary N) is 1. The number of sulfonamides is 2. The number of carbonyl (C=O) groups excluding carboxylic acids is 1. The van der Waals surface area contributed by atoms with Gasteiger partial charge in [0, 0.05) is 32.8 Å². The lowest BCUT2D eigenvalue weighted by atomic mass is 9.99. The lowest BCUT2D eigenvalue weighted by Crippen LogP contribution is -2.50. The van der Waals surface area contributed by atoms with E-state index in [4.69, 9.17) is 9.47 Å². The Morgan fingerprint density at radius 2 is 1.88 bits per heavy atom. The molecule has 3 atom stereocenters. The molecule has 4 rings (SSSR count). The number of carbonyl (C=O) groups is 1. The first-order chi connectivity index (χ1) is 19.8. The zero-order valence-corrected chi connectivity index (χ0v) is 25.6. The highest BCUT2D eigenvalue weighted by molar-refractivity contribution is 7.92. The van der Waals surface area contributed by atoms with Crippen LogP contribution in [0.5, 0.6) is 11.5 Å². The first-order valence-electron chi connectivity index (χ1n) is 13.1. The largest absolute Gasteiger partial charge is 0.497 e. The number of aliphatic hydroxyl groups excluding tert-OH is 1. The van der Waals surface area contributed by atoms with E-state index in [1.54, 1.807) is 20.9 Å². The molecule has 15 heteroatoms. The van der Waals surface area contributed by atoms with Gasteiger partial charge in [0.05, 0.1) is 48.8 Å². The van der Waals surface area contributed by atoms with Crippen LogP contribution in [-0.4, -0.2) is 92.6 Å². The van der Waals surface area contributed by atoms with E-state index in [9.17, 15) is 26.7 Å². The maximum atomic E-state index is 13.7. The maximum absolute atomic E-state index is 13.7. The molecule has 0 saturated heterocycles. The molecule has 13 nitrogen and oxygen atoms in total. The summed E-state index contributed by atoms with van der Waals surface area (Å²) in [5, 5.41) is 9.76. The van der Waals surface area contributed by atoms with E-state index < -0.39 is 44.0 Å². The molecule has 1 aromatic heterocycles. The van der Waals surface area contributed by atoms with Crippen molar-refractivity contribution in [3.05, 3.63) is 60.6 Å². The number of amides is 1. The molecule has 0 fully saturated rings. The number of aromatic nitrogens is 2. The summed E-state index contributed by atoms with van der Waals surface area (Å²) in [6.07, 6.45) is 1.95. The number of methoxy groups -OCH3 is 1. The van der Waals surface area contributed by atoms with Gasteiger partial charge in [0.1, 0.15) is 11.9 Å². The van der Waals surface area contributed by atoms with Crippen LogP contribution in [-0.2, 0) is 27.1 Å². The average Bonchev–Trinajstić information content (AvgIpc) is 3.41. The molecule has 1 amide bonds. The Bertz CT molecular complexity index is 1640. The Morgan fingerprint density at radius 3 is 2.48 bits per heavy atom. The van der Waals surface area contributed by atoms with Crippen LogP contribution in [0, 0.1) is 5.92 Å². The van der Waals surface area contributed by atoms with Crippen molar-refractivity contribution in [1.29, 1.82) is 0 Å². The minimum atomic E-state index is -4.12. The molecule has 2 N–H and O–H groups in total. The Balaban J connectivity index is 1.75. The summed E-state index contributed by atoms with van der Waals surface area (Å²) < 4.78 is 69.8. The fourth-order valence-corrected chi connectivity index (χ4v) is 6.74. The Hall–Kier alpha value is -3.66. The monoisotopic (exact) mass is 621 g/mol. The highest BCUT2D eigenvalue weighted by Gasteiger charge is 2.37. The van der Waals surface area contributed by atoms with E-state index in [-0.39, 0.29) is 46.6 Å². The fraction of sp³-hybridized carbons (Fsp3) is 0.407. The molecular formula is C27H35N5O8S2. The lowest BCUT2D eigenvalue weighted by Gasteiger charge is -2.38. The zero-order valence-electron chi connectivity index (χ0n) is 24.0. The number of likely N-dealkylation sites (N-methyl/N-ethyl adjacent to an activating group) is 1. The number of aryl methyl sites for hydroxylation is 1. The predicted octanol–water partition coefficient (Wildman–Crippen LogP) is 1.77. The second-order valence-corrected chi connectivity index (χ2v) is 13.9. The van der Waals surface area contributed by atoms with E-state index in [1.165, 1.54) is 78.6 Å². The minimum Gasteiger partial charge on any atom is -0.497 e. The highest BCUT2D eigenvalue weighted by Crippen LogP contribution is 2.36. The van der Waals surface area contributed by atoms with Gasteiger partial charge in [-0.05, 0) is 43.3 Å². The number of fused-ring (bicyclic) bond motifs is 1. The van der Waals surface area contributed by atoms with Crippen LogP contribution in [0.1, 0.15) is 24.2 Å². The smallest absolute Gasteiger partial charge is 0.262 e. The second kappa shape index (κ2) is 12.3. The van der Waals surface area contributed by atoms with Crippen LogP contribution in [0.2, 0.25) is 0 Å². The molecule has 0 aliphatic carbocycles. The van der Waals surface area contributed by atoms with E-state index in [2.05, 4.69) is 9.71 Å². The number of anilines is 1. The molecule has 3 aromatic rings.